The second-order valence-electron chi connectivity index (χ2n) is 6.78. The molecule has 2 saturated heterocycles. The molecule has 0 saturated carbocycles. The maximum absolute atomic E-state index is 12.7. The Kier molecular flexibility index (Phi) is 5.45. The van der Waals surface area contributed by atoms with E-state index in [2.05, 4.69) is 23.8 Å². The molecule has 6 nitrogen and oxygen atoms in total. The third-order valence-electron chi connectivity index (χ3n) is 5.11. The van der Waals surface area contributed by atoms with E-state index in [1.165, 1.54) is 22.2 Å². The Balaban J connectivity index is 1.41. The first-order chi connectivity index (χ1) is 12.6. The fourth-order valence-electron chi connectivity index (χ4n) is 3.59. The molecule has 0 N–H and O–H groups in total. The van der Waals surface area contributed by atoms with Crippen molar-refractivity contribution in [3.8, 4) is 0 Å². The summed E-state index contributed by atoms with van der Waals surface area (Å²) in [4.78, 5) is 25.7. The van der Waals surface area contributed by atoms with Gasteiger partial charge in [0.15, 0.2) is 6.29 Å². The van der Waals surface area contributed by atoms with Crippen LogP contribution in [0.5, 0.6) is 0 Å². The number of fused-ring (bicyclic) bond motifs is 1. The minimum Gasteiger partial charge on any atom is -0.350 e. The van der Waals surface area contributed by atoms with Crippen molar-refractivity contribution in [2.24, 2.45) is 5.92 Å². The third kappa shape index (κ3) is 3.60. The molecular weight excluding hydrogens is 370 g/mol. The largest absolute Gasteiger partial charge is 0.350 e. The number of aryl methyl sites for hydroxylation is 2. The molecular formula is C18H23N3O3S2. The average molecular weight is 394 g/mol. The van der Waals surface area contributed by atoms with Crippen molar-refractivity contribution in [1.82, 2.24) is 14.9 Å². The summed E-state index contributed by atoms with van der Waals surface area (Å²) in [5.74, 6) is 0.848. The lowest BCUT2D eigenvalue weighted by molar-refractivity contribution is -0.136. The topological polar surface area (TPSA) is 64.6 Å². The van der Waals surface area contributed by atoms with E-state index in [0.29, 0.717) is 19.0 Å². The van der Waals surface area contributed by atoms with E-state index in [1.807, 2.05) is 4.90 Å². The SMILES string of the molecule is Cc1sc2ncnc(SCC(=O)N3CCCC(C4OCCO4)C3)c2c1C. The maximum atomic E-state index is 12.7. The van der Waals surface area contributed by atoms with Gasteiger partial charge in [-0.3, -0.25) is 4.79 Å². The molecule has 2 aromatic heterocycles. The van der Waals surface area contributed by atoms with Crippen LogP contribution < -0.4 is 0 Å². The molecule has 2 aliphatic heterocycles. The number of thiophene rings is 1. The summed E-state index contributed by atoms with van der Waals surface area (Å²) in [5.41, 5.74) is 1.22. The number of ether oxygens (including phenoxy) is 2. The molecule has 0 bridgehead atoms. The summed E-state index contributed by atoms with van der Waals surface area (Å²) in [6, 6.07) is 0. The van der Waals surface area contributed by atoms with Crippen molar-refractivity contribution in [3.63, 3.8) is 0 Å². The minimum atomic E-state index is -0.142. The fraction of sp³-hybridized carbons (Fsp3) is 0.611. The van der Waals surface area contributed by atoms with E-state index in [0.717, 1.165) is 41.2 Å². The van der Waals surface area contributed by atoms with Crippen LogP contribution in [0, 0.1) is 19.8 Å². The zero-order valence-electron chi connectivity index (χ0n) is 15.1. The summed E-state index contributed by atoms with van der Waals surface area (Å²) >= 11 is 3.20. The predicted molar refractivity (Wildman–Crippen MR) is 103 cm³/mol. The van der Waals surface area contributed by atoms with E-state index in [4.69, 9.17) is 9.47 Å². The molecule has 0 spiro atoms. The van der Waals surface area contributed by atoms with Crippen molar-refractivity contribution < 1.29 is 14.3 Å². The number of piperidine rings is 1. The number of carbonyl (C=O) groups is 1. The third-order valence-corrected chi connectivity index (χ3v) is 7.20. The van der Waals surface area contributed by atoms with Crippen LogP contribution in [0.15, 0.2) is 11.4 Å². The van der Waals surface area contributed by atoms with Gasteiger partial charge in [0, 0.05) is 29.3 Å². The summed E-state index contributed by atoms with van der Waals surface area (Å²) in [6.07, 6.45) is 3.51. The van der Waals surface area contributed by atoms with E-state index >= 15 is 0 Å². The number of likely N-dealkylation sites (tertiary alicyclic amines) is 1. The molecule has 0 aromatic carbocycles. The van der Waals surface area contributed by atoms with Gasteiger partial charge in [-0.1, -0.05) is 11.8 Å². The lowest BCUT2D eigenvalue weighted by Crippen LogP contribution is -2.44. The van der Waals surface area contributed by atoms with Crippen LogP contribution in [-0.2, 0) is 14.3 Å². The maximum Gasteiger partial charge on any atom is 0.233 e. The number of thioether (sulfide) groups is 1. The van der Waals surface area contributed by atoms with Gasteiger partial charge in [-0.05, 0) is 32.3 Å². The number of aromatic nitrogens is 2. The van der Waals surface area contributed by atoms with Crippen LogP contribution in [0.3, 0.4) is 0 Å². The highest BCUT2D eigenvalue weighted by molar-refractivity contribution is 8.00. The van der Waals surface area contributed by atoms with Crippen LogP contribution in [0.25, 0.3) is 10.2 Å². The Morgan fingerprint density at radius 3 is 2.96 bits per heavy atom. The number of rotatable bonds is 4. The molecule has 1 unspecified atom stereocenters. The van der Waals surface area contributed by atoms with Crippen LogP contribution in [0.2, 0.25) is 0 Å². The molecule has 2 aliphatic rings. The van der Waals surface area contributed by atoms with Crippen molar-refractivity contribution in [2.45, 2.75) is 38.0 Å². The second-order valence-corrected chi connectivity index (χ2v) is 8.95. The van der Waals surface area contributed by atoms with Gasteiger partial charge in [0.2, 0.25) is 5.91 Å². The van der Waals surface area contributed by atoms with Crippen LogP contribution in [0.1, 0.15) is 23.3 Å². The summed E-state index contributed by atoms with van der Waals surface area (Å²) < 4.78 is 11.3. The first-order valence-corrected chi connectivity index (χ1v) is 10.8. The lowest BCUT2D eigenvalue weighted by Gasteiger charge is -2.34. The summed E-state index contributed by atoms with van der Waals surface area (Å²) in [6.45, 7) is 7.06. The smallest absolute Gasteiger partial charge is 0.233 e. The first kappa shape index (κ1) is 18.2. The number of nitrogens with zero attached hydrogens (tertiary/aromatic N) is 3. The molecule has 0 radical (unpaired) electrons. The van der Waals surface area contributed by atoms with Crippen molar-refractivity contribution in [1.29, 1.82) is 0 Å². The molecule has 2 aromatic rings. The summed E-state index contributed by atoms with van der Waals surface area (Å²) in [5, 5.41) is 2.00. The molecule has 4 heterocycles. The van der Waals surface area contributed by atoms with Gasteiger partial charge in [-0.25, -0.2) is 9.97 Å². The quantitative estimate of drug-likeness (QED) is 0.588. The predicted octanol–water partition coefficient (Wildman–Crippen LogP) is 3.01. The Bertz CT molecular complexity index is 804. The van der Waals surface area contributed by atoms with Crippen molar-refractivity contribution in [3.05, 3.63) is 16.8 Å². The van der Waals surface area contributed by atoms with Gasteiger partial charge in [-0.15, -0.1) is 11.3 Å². The zero-order valence-corrected chi connectivity index (χ0v) is 16.7. The van der Waals surface area contributed by atoms with Crippen LogP contribution >= 0.6 is 23.1 Å². The Morgan fingerprint density at radius 1 is 1.35 bits per heavy atom. The second kappa shape index (κ2) is 7.80. The Labute approximate surface area is 161 Å². The number of amides is 1. The van der Waals surface area contributed by atoms with E-state index in [1.54, 1.807) is 17.7 Å². The number of hydrogen-bond acceptors (Lipinski definition) is 7. The van der Waals surface area contributed by atoms with Gasteiger partial charge in [0.05, 0.1) is 19.0 Å². The molecule has 140 valence electrons. The lowest BCUT2D eigenvalue weighted by atomic mass is 9.97. The van der Waals surface area contributed by atoms with Gasteiger partial charge in [-0.2, -0.15) is 0 Å². The van der Waals surface area contributed by atoms with E-state index < -0.39 is 0 Å². The highest BCUT2D eigenvalue weighted by atomic mass is 32.2. The summed E-state index contributed by atoms with van der Waals surface area (Å²) in [7, 11) is 0. The molecule has 26 heavy (non-hydrogen) atoms. The van der Waals surface area contributed by atoms with Gasteiger partial charge >= 0.3 is 0 Å². The molecule has 1 atom stereocenters. The molecule has 4 rings (SSSR count). The monoisotopic (exact) mass is 393 g/mol. The molecule has 2 fully saturated rings. The van der Waals surface area contributed by atoms with Crippen molar-refractivity contribution in [2.75, 3.05) is 32.1 Å². The minimum absolute atomic E-state index is 0.142. The van der Waals surface area contributed by atoms with Crippen molar-refractivity contribution >= 4 is 39.2 Å². The van der Waals surface area contributed by atoms with Gasteiger partial charge < -0.3 is 14.4 Å². The van der Waals surface area contributed by atoms with Gasteiger partial charge in [0.1, 0.15) is 16.2 Å². The fourth-order valence-corrected chi connectivity index (χ4v) is 5.61. The standard InChI is InChI=1S/C18H23N3O3S2/c1-11-12(2)26-17-15(11)16(19-10-20-17)25-9-14(22)21-5-3-4-13(8-21)18-23-6-7-24-18/h10,13,18H,3-9H2,1-2H3. The number of carbonyl (C=O) groups excluding carboxylic acids is 1. The highest BCUT2D eigenvalue weighted by Crippen LogP contribution is 2.34. The zero-order chi connectivity index (χ0) is 18.1. The Morgan fingerprint density at radius 2 is 2.15 bits per heavy atom. The average Bonchev–Trinajstić information content (AvgIpc) is 3.29. The van der Waals surface area contributed by atoms with E-state index in [9.17, 15) is 4.79 Å². The number of hydrogen-bond donors (Lipinski definition) is 0. The highest BCUT2D eigenvalue weighted by Gasteiger charge is 2.32. The van der Waals surface area contributed by atoms with Crippen LogP contribution in [-0.4, -0.2) is 59.1 Å². The molecule has 0 aliphatic carbocycles. The van der Waals surface area contributed by atoms with Crippen LogP contribution in [0.4, 0.5) is 0 Å². The van der Waals surface area contributed by atoms with Gasteiger partial charge in [0.25, 0.3) is 0 Å². The Hall–Kier alpha value is -1.22. The normalized spacial score (nSPS) is 21.6. The molecule has 8 heteroatoms. The first-order valence-electron chi connectivity index (χ1n) is 8.98. The van der Waals surface area contributed by atoms with E-state index in [-0.39, 0.29) is 18.1 Å². The molecule has 1 amide bonds.